The Morgan fingerprint density at radius 1 is 0.759 bits per heavy atom. The van der Waals surface area contributed by atoms with Crippen LogP contribution in [0.4, 0.5) is 9.59 Å². The van der Waals surface area contributed by atoms with Gasteiger partial charge in [-0.2, -0.15) is 0 Å². The molecule has 0 atom stereocenters. The number of aliphatic carboxylic acids is 1. The second-order valence-corrected chi connectivity index (χ2v) is 9.03. The van der Waals surface area contributed by atoms with Crippen LogP contribution in [0.25, 0.3) is 0 Å². The number of amides is 2. The van der Waals surface area contributed by atoms with Crippen LogP contribution in [-0.2, 0) is 23.8 Å². The second kappa shape index (κ2) is 9.32. The number of rotatable bonds is 2. The van der Waals surface area contributed by atoms with Crippen molar-refractivity contribution in [3.05, 3.63) is 0 Å². The molecule has 0 aromatic carbocycles. The van der Waals surface area contributed by atoms with E-state index in [9.17, 15) is 19.2 Å². The van der Waals surface area contributed by atoms with Gasteiger partial charge in [0.2, 0.25) is 0 Å². The van der Waals surface area contributed by atoms with Crippen molar-refractivity contribution in [2.75, 3.05) is 33.3 Å². The lowest BCUT2D eigenvalue weighted by Crippen LogP contribution is -2.54. The third kappa shape index (κ3) is 8.16. The highest BCUT2D eigenvalue weighted by molar-refractivity contribution is 5.78. The van der Waals surface area contributed by atoms with E-state index in [4.69, 9.17) is 14.6 Å². The van der Waals surface area contributed by atoms with E-state index in [2.05, 4.69) is 4.74 Å². The van der Waals surface area contributed by atoms with Crippen molar-refractivity contribution in [2.45, 2.75) is 52.7 Å². The molecule has 2 aliphatic rings. The standard InChI is InChI=1S/C10H17NO4.C9H15NO4/c1-10(2,3)15-9(13)11-5-7(6-11)8(12)14-4;1-9(2,3)14-8(13)10-4-6(5-10)7(11)12/h7H,5-6H2,1-4H3;6H,4-5H2,1-3H3,(H,11,12). The predicted molar refractivity (Wildman–Crippen MR) is 102 cm³/mol. The highest BCUT2D eigenvalue weighted by atomic mass is 16.6. The molecule has 2 saturated heterocycles. The van der Waals surface area contributed by atoms with Gasteiger partial charge < -0.3 is 29.1 Å². The fourth-order valence-electron chi connectivity index (χ4n) is 2.38. The van der Waals surface area contributed by atoms with Gasteiger partial charge in [-0.3, -0.25) is 9.59 Å². The molecule has 10 nitrogen and oxygen atoms in total. The molecule has 0 aromatic rings. The Balaban J connectivity index is 0.000000291. The minimum absolute atomic E-state index is 0.192. The number of methoxy groups -OCH3 is 1. The number of likely N-dealkylation sites (tertiary alicyclic amines) is 2. The Kier molecular flexibility index (Phi) is 7.88. The molecule has 0 aliphatic carbocycles. The van der Waals surface area contributed by atoms with E-state index < -0.39 is 29.2 Å². The topological polar surface area (TPSA) is 123 Å². The predicted octanol–water partition coefficient (Wildman–Crippen LogP) is 1.96. The molecule has 0 bridgehead atoms. The van der Waals surface area contributed by atoms with Crippen LogP contribution in [0.1, 0.15) is 41.5 Å². The second-order valence-electron chi connectivity index (χ2n) is 9.03. The first kappa shape index (κ1) is 24.5. The summed E-state index contributed by atoms with van der Waals surface area (Å²) < 4.78 is 14.8. The smallest absolute Gasteiger partial charge is 0.410 e. The molecule has 2 heterocycles. The molecule has 10 heteroatoms. The molecule has 0 unspecified atom stereocenters. The first-order valence-corrected chi connectivity index (χ1v) is 9.39. The van der Waals surface area contributed by atoms with Crippen molar-refractivity contribution >= 4 is 24.1 Å². The third-order valence-corrected chi connectivity index (χ3v) is 3.95. The highest BCUT2D eigenvalue weighted by Gasteiger charge is 2.39. The van der Waals surface area contributed by atoms with E-state index in [-0.39, 0.29) is 31.1 Å². The molecule has 0 radical (unpaired) electrons. The first-order valence-electron chi connectivity index (χ1n) is 9.39. The van der Waals surface area contributed by atoms with Crippen LogP contribution in [-0.4, -0.2) is 83.5 Å². The Hall–Kier alpha value is -2.52. The van der Waals surface area contributed by atoms with Crippen LogP contribution in [0.2, 0.25) is 0 Å². The van der Waals surface area contributed by atoms with Crippen molar-refractivity contribution in [3.63, 3.8) is 0 Å². The van der Waals surface area contributed by atoms with Gasteiger partial charge in [0.05, 0.1) is 18.9 Å². The number of hydrogen-bond donors (Lipinski definition) is 1. The lowest BCUT2D eigenvalue weighted by Gasteiger charge is -2.37. The number of carbonyl (C=O) groups excluding carboxylic acids is 3. The van der Waals surface area contributed by atoms with Gasteiger partial charge in [-0.25, -0.2) is 9.59 Å². The molecule has 1 N–H and O–H groups in total. The SMILES string of the molecule is CC(C)(C)OC(=O)N1CC(C(=O)O)C1.COC(=O)C1CN(C(=O)OC(C)(C)C)C1. The van der Waals surface area contributed by atoms with Crippen LogP contribution in [0.15, 0.2) is 0 Å². The molecular formula is C19H32N2O8. The average Bonchev–Trinajstić information content (AvgIpc) is 2.39. The van der Waals surface area contributed by atoms with Gasteiger partial charge in [0.25, 0.3) is 0 Å². The molecular weight excluding hydrogens is 384 g/mol. The van der Waals surface area contributed by atoms with Gasteiger partial charge in [0.1, 0.15) is 11.2 Å². The van der Waals surface area contributed by atoms with Crippen LogP contribution in [0.5, 0.6) is 0 Å². The summed E-state index contributed by atoms with van der Waals surface area (Å²) >= 11 is 0. The fraction of sp³-hybridized carbons (Fsp3) is 0.789. The number of nitrogens with zero attached hydrogens (tertiary/aromatic N) is 2. The summed E-state index contributed by atoms with van der Waals surface area (Å²) in [5.41, 5.74) is -1.02. The Labute approximate surface area is 171 Å². The summed E-state index contributed by atoms with van der Waals surface area (Å²) in [7, 11) is 1.35. The van der Waals surface area contributed by atoms with Gasteiger partial charge in [-0.1, -0.05) is 0 Å². The number of carboxylic acids is 1. The summed E-state index contributed by atoms with van der Waals surface area (Å²) in [5.74, 6) is -1.75. The summed E-state index contributed by atoms with van der Waals surface area (Å²) in [6.07, 6.45) is -0.808. The maximum Gasteiger partial charge on any atom is 0.410 e. The monoisotopic (exact) mass is 416 g/mol. The summed E-state index contributed by atoms with van der Waals surface area (Å²) in [5, 5.41) is 8.59. The van der Waals surface area contributed by atoms with Crippen LogP contribution < -0.4 is 0 Å². The third-order valence-electron chi connectivity index (χ3n) is 3.95. The summed E-state index contributed by atoms with van der Waals surface area (Å²) in [6.45, 7) is 12.0. The van der Waals surface area contributed by atoms with Crippen molar-refractivity contribution in [1.82, 2.24) is 9.80 Å². The van der Waals surface area contributed by atoms with Gasteiger partial charge in [0, 0.05) is 26.2 Å². The van der Waals surface area contributed by atoms with Crippen molar-refractivity contribution in [2.24, 2.45) is 11.8 Å². The summed E-state index contributed by atoms with van der Waals surface area (Å²) in [4.78, 5) is 47.2. The van der Waals surface area contributed by atoms with E-state index in [1.807, 2.05) is 20.8 Å². The molecule has 29 heavy (non-hydrogen) atoms. The average molecular weight is 416 g/mol. The van der Waals surface area contributed by atoms with Crippen molar-refractivity contribution < 1.29 is 38.5 Å². The maximum absolute atomic E-state index is 11.4. The largest absolute Gasteiger partial charge is 0.481 e. The molecule has 2 fully saturated rings. The zero-order chi connectivity index (χ0) is 22.6. The zero-order valence-corrected chi connectivity index (χ0v) is 18.2. The summed E-state index contributed by atoms with van der Waals surface area (Å²) in [6, 6.07) is 0. The lowest BCUT2D eigenvalue weighted by atomic mass is 10.0. The van der Waals surface area contributed by atoms with Crippen molar-refractivity contribution in [1.29, 1.82) is 0 Å². The van der Waals surface area contributed by atoms with E-state index in [1.54, 1.807) is 20.8 Å². The van der Waals surface area contributed by atoms with Gasteiger partial charge in [-0.05, 0) is 41.5 Å². The normalized spacial score (nSPS) is 17.2. The number of carboxylic acid groups (broad SMARTS) is 1. The van der Waals surface area contributed by atoms with E-state index in [0.717, 1.165) is 0 Å². The maximum atomic E-state index is 11.4. The highest BCUT2D eigenvalue weighted by Crippen LogP contribution is 2.20. The Bertz CT molecular complexity index is 623. The van der Waals surface area contributed by atoms with Gasteiger partial charge >= 0.3 is 24.1 Å². The number of carbonyl (C=O) groups is 4. The van der Waals surface area contributed by atoms with Gasteiger partial charge in [-0.15, -0.1) is 0 Å². The van der Waals surface area contributed by atoms with Crippen LogP contribution in [0, 0.1) is 11.8 Å². The minimum Gasteiger partial charge on any atom is -0.481 e. The molecule has 0 saturated carbocycles. The Morgan fingerprint density at radius 3 is 1.38 bits per heavy atom. The molecule has 0 aromatic heterocycles. The molecule has 2 amide bonds. The molecule has 166 valence electrons. The molecule has 2 aliphatic heterocycles. The number of hydrogen-bond acceptors (Lipinski definition) is 7. The quantitative estimate of drug-likeness (QED) is 0.535. The first-order chi connectivity index (χ1) is 13.1. The van der Waals surface area contributed by atoms with Crippen molar-refractivity contribution in [3.8, 4) is 0 Å². The molecule has 0 spiro atoms. The zero-order valence-electron chi connectivity index (χ0n) is 18.2. The van der Waals surface area contributed by atoms with Crippen LogP contribution >= 0.6 is 0 Å². The van der Waals surface area contributed by atoms with Crippen LogP contribution in [0.3, 0.4) is 0 Å². The Morgan fingerprint density at radius 2 is 1.10 bits per heavy atom. The molecule has 2 rings (SSSR count). The van der Waals surface area contributed by atoms with E-state index in [1.165, 1.54) is 16.9 Å². The number of ether oxygens (including phenoxy) is 3. The van der Waals surface area contributed by atoms with E-state index >= 15 is 0 Å². The van der Waals surface area contributed by atoms with Gasteiger partial charge in [0.15, 0.2) is 0 Å². The van der Waals surface area contributed by atoms with E-state index in [0.29, 0.717) is 13.1 Å². The fourth-order valence-corrected chi connectivity index (χ4v) is 2.38. The minimum atomic E-state index is -0.857. The lowest BCUT2D eigenvalue weighted by molar-refractivity contribution is -0.150. The number of esters is 1.